The maximum atomic E-state index is 13.3. The molecule has 5 rings (SSSR count). The Balaban J connectivity index is 0.00000442. The molecule has 2 amide bonds. The van der Waals surface area contributed by atoms with E-state index in [1.165, 1.54) is 11.1 Å². The second-order valence-corrected chi connectivity index (χ2v) is 12.4. The lowest BCUT2D eigenvalue weighted by molar-refractivity contribution is 0.0572. The lowest BCUT2D eigenvalue weighted by atomic mass is 9.88. The van der Waals surface area contributed by atoms with Crippen LogP contribution >= 0.6 is 12.4 Å². The predicted octanol–water partition coefficient (Wildman–Crippen LogP) is 7.56. The second kappa shape index (κ2) is 16.1. The fourth-order valence-electron chi connectivity index (χ4n) is 6.99. The smallest absolute Gasteiger partial charge is 0.410 e. The Bertz CT molecular complexity index is 1310. The van der Waals surface area contributed by atoms with Crippen molar-refractivity contribution in [1.82, 2.24) is 14.7 Å². The summed E-state index contributed by atoms with van der Waals surface area (Å²) in [5.41, 5.74) is 4.34. The number of hydrogen-bond donors (Lipinski definition) is 0. The Morgan fingerprint density at radius 2 is 1.50 bits per heavy atom. The molecular formula is C37H48ClN3O3. The Morgan fingerprint density at radius 3 is 2.14 bits per heavy atom. The van der Waals surface area contributed by atoms with Gasteiger partial charge in [0.1, 0.15) is 6.61 Å². The van der Waals surface area contributed by atoms with Crippen LogP contribution in [0.3, 0.4) is 0 Å². The van der Waals surface area contributed by atoms with Crippen LogP contribution in [-0.2, 0) is 11.3 Å². The maximum absolute atomic E-state index is 13.3. The molecule has 0 aromatic heterocycles. The van der Waals surface area contributed by atoms with Crippen molar-refractivity contribution in [2.75, 3.05) is 33.2 Å². The highest BCUT2D eigenvalue weighted by Crippen LogP contribution is 2.42. The SMILES string of the molecule is CCCN(C(=O)OCc1ccc(C)cc1)C1CCN(CC2CC(N(C)C(=O)c3ccccc3)CC2c2ccccc2)CC1.Cl. The van der Waals surface area contributed by atoms with E-state index in [1.54, 1.807) is 0 Å². The molecule has 0 N–H and O–H groups in total. The zero-order valence-electron chi connectivity index (χ0n) is 26.4. The molecule has 0 bridgehead atoms. The van der Waals surface area contributed by atoms with E-state index in [9.17, 15) is 9.59 Å². The number of carbonyl (C=O) groups excluding carboxylic acids is 2. The maximum Gasteiger partial charge on any atom is 0.410 e. The summed E-state index contributed by atoms with van der Waals surface area (Å²) in [7, 11) is 1.97. The van der Waals surface area contributed by atoms with Crippen molar-refractivity contribution in [2.24, 2.45) is 5.92 Å². The zero-order chi connectivity index (χ0) is 30.2. The standard InChI is InChI=1S/C37H47N3O3.ClH/c1-4-21-40(37(42)43-27-29-17-15-28(2)16-18-29)33-19-22-39(23-20-33)26-32-24-34(25-35(32)30-11-7-5-8-12-30)38(3)36(41)31-13-9-6-10-14-31;/h5-18,32-35H,4,19-27H2,1-3H3;1H. The number of likely N-dealkylation sites (tertiary alicyclic amines) is 1. The summed E-state index contributed by atoms with van der Waals surface area (Å²) < 4.78 is 5.76. The average Bonchev–Trinajstić information content (AvgIpc) is 3.47. The van der Waals surface area contributed by atoms with E-state index in [0.717, 1.165) is 69.4 Å². The van der Waals surface area contributed by atoms with E-state index in [4.69, 9.17) is 4.74 Å². The fraction of sp³-hybridized carbons (Fsp3) is 0.459. The van der Waals surface area contributed by atoms with Crippen LogP contribution in [0.1, 0.15) is 72.0 Å². The normalized spacial score (nSPS) is 20.5. The molecule has 236 valence electrons. The number of ether oxygens (including phenoxy) is 1. The molecule has 1 saturated carbocycles. The van der Waals surface area contributed by atoms with Gasteiger partial charge in [-0.1, -0.05) is 85.3 Å². The number of benzene rings is 3. The lowest BCUT2D eigenvalue weighted by Gasteiger charge is -2.39. The topological polar surface area (TPSA) is 53.1 Å². The van der Waals surface area contributed by atoms with Crippen molar-refractivity contribution in [2.45, 2.75) is 70.6 Å². The largest absolute Gasteiger partial charge is 0.445 e. The van der Waals surface area contributed by atoms with Gasteiger partial charge in [0.05, 0.1) is 0 Å². The van der Waals surface area contributed by atoms with Gasteiger partial charge in [-0.3, -0.25) is 4.79 Å². The van der Waals surface area contributed by atoms with Gasteiger partial charge in [0.15, 0.2) is 0 Å². The molecule has 3 aromatic carbocycles. The fourth-order valence-corrected chi connectivity index (χ4v) is 6.99. The highest BCUT2D eigenvalue weighted by molar-refractivity contribution is 5.94. The van der Waals surface area contributed by atoms with Gasteiger partial charge in [-0.05, 0) is 74.1 Å². The number of carbonyl (C=O) groups is 2. The van der Waals surface area contributed by atoms with Crippen molar-refractivity contribution >= 4 is 24.4 Å². The number of aryl methyl sites for hydroxylation is 1. The van der Waals surface area contributed by atoms with E-state index >= 15 is 0 Å². The molecule has 44 heavy (non-hydrogen) atoms. The first-order chi connectivity index (χ1) is 20.9. The van der Waals surface area contributed by atoms with Crippen LogP contribution < -0.4 is 0 Å². The molecule has 1 heterocycles. The van der Waals surface area contributed by atoms with Crippen molar-refractivity contribution in [1.29, 1.82) is 0 Å². The number of rotatable bonds is 10. The van der Waals surface area contributed by atoms with E-state index in [2.05, 4.69) is 61.2 Å². The van der Waals surface area contributed by atoms with Crippen LogP contribution in [0.15, 0.2) is 84.9 Å². The quantitative estimate of drug-likeness (QED) is 0.236. The molecule has 2 fully saturated rings. The molecule has 3 unspecified atom stereocenters. The Labute approximate surface area is 269 Å². The Hall–Kier alpha value is -3.35. The Kier molecular flexibility index (Phi) is 12.3. The molecule has 7 heteroatoms. The summed E-state index contributed by atoms with van der Waals surface area (Å²) in [5, 5.41) is 0. The summed E-state index contributed by atoms with van der Waals surface area (Å²) >= 11 is 0. The summed E-state index contributed by atoms with van der Waals surface area (Å²) in [6.45, 7) is 8.16. The van der Waals surface area contributed by atoms with Crippen LogP contribution in [0.25, 0.3) is 0 Å². The van der Waals surface area contributed by atoms with Crippen LogP contribution in [-0.4, -0.2) is 72.0 Å². The highest BCUT2D eigenvalue weighted by atomic mass is 35.5. The van der Waals surface area contributed by atoms with Gasteiger partial charge in [-0.15, -0.1) is 12.4 Å². The van der Waals surface area contributed by atoms with Gasteiger partial charge in [-0.2, -0.15) is 0 Å². The van der Waals surface area contributed by atoms with Crippen LogP contribution in [0.5, 0.6) is 0 Å². The molecule has 1 aliphatic heterocycles. The van der Waals surface area contributed by atoms with Crippen molar-refractivity contribution in [3.63, 3.8) is 0 Å². The summed E-state index contributed by atoms with van der Waals surface area (Å²) in [6, 6.07) is 29.0. The molecular weight excluding hydrogens is 570 g/mol. The summed E-state index contributed by atoms with van der Waals surface area (Å²) in [5.74, 6) is 0.994. The van der Waals surface area contributed by atoms with Crippen molar-refractivity contribution < 1.29 is 14.3 Å². The number of halogens is 1. The van der Waals surface area contributed by atoms with Crippen molar-refractivity contribution in [3.8, 4) is 0 Å². The third-order valence-corrected chi connectivity index (χ3v) is 9.46. The molecule has 6 nitrogen and oxygen atoms in total. The van der Waals surface area contributed by atoms with Gasteiger partial charge in [0, 0.05) is 50.9 Å². The van der Waals surface area contributed by atoms with E-state index in [-0.39, 0.29) is 36.5 Å². The minimum atomic E-state index is -0.199. The first kappa shape index (κ1) is 33.5. The lowest BCUT2D eigenvalue weighted by Crippen LogP contribution is -2.48. The van der Waals surface area contributed by atoms with Gasteiger partial charge in [-0.25, -0.2) is 4.79 Å². The first-order valence-corrected chi connectivity index (χ1v) is 16.0. The summed E-state index contributed by atoms with van der Waals surface area (Å²) in [6.07, 6.45) is 4.61. The number of amides is 2. The minimum Gasteiger partial charge on any atom is -0.445 e. The van der Waals surface area contributed by atoms with E-state index in [1.807, 2.05) is 59.3 Å². The van der Waals surface area contributed by atoms with Crippen LogP contribution in [0.2, 0.25) is 0 Å². The van der Waals surface area contributed by atoms with Crippen LogP contribution in [0, 0.1) is 12.8 Å². The van der Waals surface area contributed by atoms with Gasteiger partial charge >= 0.3 is 6.09 Å². The van der Waals surface area contributed by atoms with Crippen LogP contribution in [0.4, 0.5) is 4.79 Å². The molecule has 1 aliphatic carbocycles. The van der Waals surface area contributed by atoms with Crippen molar-refractivity contribution in [3.05, 3.63) is 107 Å². The minimum absolute atomic E-state index is 0. The second-order valence-electron chi connectivity index (χ2n) is 12.4. The summed E-state index contributed by atoms with van der Waals surface area (Å²) in [4.78, 5) is 33.0. The zero-order valence-corrected chi connectivity index (χ0v) is 27.3. The molecule has 1 saturated heterocycles. The van der Waals surface area contributed by atoms with Gasteiger partial charge in [0.25, 0.3) is 5.91 Å². The van der Waals surface area contributed by atoms with E-state index in [0.29, 0.717) is 18.4 Å². The molecule has 3 atom stereocenters. The number of nitrogens with zero attached hydrogens (tertiary/aromatic N) is 3. The third-order valence-electron chi connectivity index (χ3n) is 9.46. The first-order valence-electron chi connectivity index (χ1n) is 16.0. The molecule has 0 spiro atoms. The molecule has 2 aliphatic rings. The third kappa shape index (κ3) is 8.42. The average molecular weight is 618 g/mol. The molecule has 3 aromatic rings. The monoisotopic (exact) mass is 617 g/mol. The molecule has 0 radical (unpaired) electrons. The number of piperidine rings is 1. The number of hydrogen-bond acceptors (Lipinski definition) is 4. The predicted molar refractivity (Wildman–Crippen MR) is 179 cm³/mol. The highest BCUT2D eigenvalue weighted by Gasteiger charge is 2.40. The Morgan fingerprint density at radius 1 is 0.864 bits per heavy atom. The van der Waals surface area contributed by atoms with Gasteiger partial charge in [0.2, 0.25) is 0 Å². The van der Waals surface area contributed by atoms with E-state index < -0.39 is 0 Å². The van der Waals surface area contributed by atoms with Gasteiger partial charge < -0.3 is 19.4 Å².